The van der Waals surface area contributed by atoms with Gasteiger partial charge < -0.3 is 16.4 Å². The van der Waals surface area contributed by atoms with E-state index in [9.17, 15) is 22.8 Å². The molecule has 0 bridgehead atoms. The van der Waals surface area contributed by atoms with E-state index in [0.717, 1.165) is 0 Å². The predicted octanol–water partition coefficient (Wildman–Crippen LogP) is 1.85. The quantitative estimate of drug-likeness (QED) is 0.458. The van der Waals surface area contributed by atoms with Gasteiger partial charge in [-0.2, -0.15) is 4.72 Å². The van der Waals surface area contributed by atoms with Gasteiger partial charge in [0, 0.05) is 29.7 Å². The van der Waals surface area contributed by atoms with Gasteiger partial charge in [-0.05, 0) is 48.9 Å². The van der Waals surface area contributed by atoms with Gasteiger partial charge in [0.05, 0.1) is 4.90 Å². The lowest BCUT2D eigenvalue weighted by molar-refractivity contribution is -0.119. The van der Waals surface area contributed by atoms with Crippen molar-refractivity contribution in [2.24, 2.45) is 5.73 Å². The van der Waals surface area contributed by atoms with E-state index in [1.54, 1.807) is 18.2 Å². The number of rotatable bonds is 9. The number of hydrogen-bond donors (Lipinski definition) is 4. The Kier molecular flexibility index (Phi) is 7.93. The van der Waals surface area contributed by atoms with E-state index in [1.165, 1.54) is 37.3 Å². The molecule has 2 aromatic rings. The van der Waals surface area contributed by atoms with Gasteiger partial charge in [0.25, 0.3) is 0 Å². The molecule has 9 nitrogen and oxygen atoms in total. The van der Waals surface area contributed by atoms with Crippen molar-refractivity contribution in [1.29, 1.82) is 0 Å². The molecule has 0 aliphatic heterocycles. The molecule has 0 saturated heterocycles. The first-order chi connectivity index (χ1) is 14.1. The Morgan fingerprint density at radius 1 is 1.03 bits per heavy atom. The summed E-state index contributed by atoms with van der Waals surface area (Å²) in [4.78, 5) is 35.0. The van der Waals surface area contributed by atoms with Crippen molar-refractivity contribution in [3.05, 3.63) is 53.6 Å². The number of carbonyl (C=O) groups excluding carboxylic acids is 3. The SMILES string of the molecule is CC(=O)Nc1cccc(NC(=O)[C@H](CCC(N)=O)NS(=O)(=O)c2ccc(Cl)cc2)c1. The van der Waals surface area contributed by atoms with Crippen molar-refractivity contribution in [3.8, 4) is 0 Å². The lowest BCUT2D eigenvalue weighted by atomic mass is 10.1. The van der Waals surface area contributed by atoms with Gasteiger partial charge in [0.2, 0.25) is 27.7 Å². The summed E-state index contributed by atoms with van der Waals surface area (Å²) in [7, 11) is -4.06. The highest BCUT2D eigenvalue weighted by molar-refractivity contribution is 7.89. The fourth-order valence-electron chi connectivity index (χ4n) is 2.51. The molecule has 0 aromatic heterocycles. The Morgan fingerprint density at radius 2 is 1.63 bits per heavy atom. The highest BCUT2D eigenvalue weighted by Crippen LogP contribution is 2.18. The van der Waals surface area contributed by atoms with E-state index < -0.39 is 27.9 Å². The van der Waals surface area contributed by atoms with Crippen LogP contribution in [0.15, 0.2) is 53.4 Å². The lowest BCUT2D eigenvalue weighted by Gasteiger charge is -2.18. The second-order valence-corrected chi connectivity index (χ2v) is 8.53. The Labute approximate surface area is 179 Å². The van der Waals surface area contributed by atoms with Crippen molar-refractivity contribution >= 4 is 50.7 Å². The predicted molar refractivity (Wildman–Crippen MR) is 113 cm³/mol. The summed E-state index contributed by atoms with van der Waals surface area (Å²) >= 11 is 5.78. The minimum absolute atomic E-state index is 0.0866. The van der Waals surface area contributed by atoms with Gasteiger partial charge in [-0.3, -0.25) is 14.4 Å². The van der Waals surface area contributed by atoms with Crippen LogP contribution < -0.4 is 21.1 Å². The van der Waals surface area contributed by atoms with Crippen LogP contribution >= 0.6 is 11.6 Å². The Hall–Kier alpha value is -2.95. The minimum Gasteiger partial charge on any atom is -0.370 e. The van der Waals surface area contributed by atoms with Gasteiger partial charge in [0.1, 0.15) is 6.04 Å². The van der Waals surface area contributed by atoms with Crippen LogP contribution in [0.25, 0.3) is 0 Å². The first kappa shape index (κ1) is 23.3. The topological polar surface area (TPSA) is 147 Å². The number of primary amides is 1. The summed E-state index contributed by atoms with van der Waals surface area (Å²) in [6, 6.07) is 10.5. The van der Waals surface area contributed by atoms with E-state index >= 15 is 0 Å². The fourth-order valence-corrected chi connectivity index (χ4v) is 3.86. The first-order valence-corrected chi connectivity index (χ1v) is 10.7. The number of sulfonamides is 1. The number of nitrogens with one attached hydrogen (secondary N) is 3. The molecule has 0 radical (unpaired) electrons. The third-order valence-corrected chi connectivity index (χ3v) is 5.61. The van der Waals surface area contributed by atoms with Crippen LogP contribution in [-0.4, -0.2) is 32.2 Å². The smallest absolute Gasteiger partial charge is 0.242 e. The normalized spacial score (nSPS) is 12.1. The number of anilines is 2. The molecule has 0 aliphatic carbocycles. The number of benzene rings is 2. The molecule has 3 amide bonds. The molecular formula is C19H21ClN4O5S. The molecular weight excluding hydrogens is 432 g/mol. The Bertz CT molecular complexity index is 1040. The van der Waals surface area contributed by atoms with Gasteiger partial charge in [-0.1, -0.05) is 17.7 Å². The van der Waals surface area contributed by atoms with Crippen molar-refractivity contribution in [2.45, 2.75) is 30.7 Å². The van der Waals surface area contributed by atoms with Gasteiger partial charge in [-0.15, -0.1) is 0 Å². The summed E-state index contributed by atoms with van der Waals surface area (Å²) in [6.07, 6.45) is -0.341. The van der Waals surface area contributed by atoms with Crippen LogP contribution in [-0.2, 0) is 24.4 Å². The highest BCUT2D eigenvalue weighted by Gasteiger charge is 2.26. The number of nitrogens with two attached hydrogens (primary N) is 1. The molecule has 0 fully saturated rings. The van der Waals surface area contributed by atoms with Crippen LogP contribution in [0.4, 0.5) is 11.4 Å². The molecule has 0 heterocycles. The molecule has 160 valence electrons. The molecule has 0 unspecified atom stereocenters. The molecule has 11 heteroatoms. The van der Waals surface area contributed by atoms with E-state index in [-0.39, 0.29) is 23.6 Å². The van der Waals surface area contributed by atoms with E-state index in [0.29, 0.717) is 16.4 Å². The van der Waals surface area contributed by atoms with Crippen molar-refractivity contribution < 1.29 is 22.8 Å². The van der Waals surface area contributed by atoms with Gasteiger partial charge in [0.15, 0.2) is 0 Å². The standard InChI is InChI=1S/C19H21ClN4O5S/c1-12(25)22-14-3-2-4-15(11-14)23-19(27)17(9-10-18(21)26)24-30(28,29)16-7-5-13(20)6-8-16/h2-8,11,17,24H,9-10H2,1H3,(H2,21,26)(H,22,25)(H,23,27)/t17-/m0/s1. The molecule has 1 atom stereocenters. The molecule has 0 aliphatic rings. The maximum absolute atomic E-state index is 12.7. The summed E-state index contributed by atoms with van der Waals surface area (Å²) in [5.41, 5.74) is 5.94. The van der Waals surface area contributed by atoms with Crippen LogP contribution in [0.5, 0.6) is 0 Å². The number of halogens is 1. The molecule has 2 rings (SSSR count). The number of hydrogen-bond acceptors (Lipinski definition) is 5. The zero-order chi connectivity index (χ0) is 22.3. The fraction of sp³-hybridized carbons (Fsp3) is 0.211. The highest BCUT2D eigenvalue weighted by atomic mass is 35.5. The molecule has 2 aromatic carbocycles. The monoisotopic (exact) mass is 452 g/mol. The van der Waals surface area contributed by atoms with Gasteiger partial charge in [-0.25, -0.2) is 8.42 Å². The summed E-state index contributed by atoms with van der Waals surface area (Å²) in [6.45, 7) is 1.34. The van der Waals surface area contributed by atoms with Crippen LogP contribution in [0, 0.1) is 0 Å². The van der Waals surface area contributed by atoms with Crippen molar-refractivity contribution in [3.63, 3.8) is 0 Å². The van der Waals surface area contributed by atoms with Gasteiger partial charge >= 0.3 is 0 Å². The summed E-state index contributed by atoms with van der Waals surface area (Å²) < 4.78 is 27.6. The zero-order valence-electron chi connectivity index (χ0n) is 16.0. The summed E-state index contributed by atoms with van der Waals surface area (Å²) in [5, 5.41) is 5.51. The third kappa shape index (κ3) is 7.14. The molecule has 5 N–H and O–H groups in total. The summed E-state index contributed by atoms with van der Waals surface area (Å²) in [5.74, 6) is -1.64. The number of carbonyl (C=O) groups is 3. The van der Waals surface area contributed by atoms with Crippen LogP contribution in [0.2, 0.25) is 5.02 Å². The maximum atomic E-state index is 12.7. The molecule has 0 spiro atoms. The number of amides is 3. The largest absolute Gasteiger partial charge is 0.370 e. The Morgan fingerprint density at radius 3 is 2.20 bits per heavy atom. The van der Waals surface area contributed by atoms with E-state index in [1.807, 2.05) is 0 Å². The maximum Gasteiger partial charge on any atom is 0.242 e. The first-order valence-electron chi connectivity index (χ1n) is 8.81. The molecule has 30 heavy (non-hydrogen) atoms. The second kappa shape index (κ2) is 10.2. The van der Waals surface area contributed by atoms with E-state index in [4.69, 9.17) is 17.3 Å². The van der Waals surface area contributed by atoms with E-state index in [2.05, 4.69) is 15.4 Å². The lowest BCUT2D eigenvalue weighted by Crippen LogP contribution is -2.44. The zero-order valence-corrected chi connectivity index (χ0v) is 17.6. The van der Waals surface area contributed by atoms with Crippen LogP contribution in [0.1, 0.15) is 19.8 Å². The third-order valence-electron chi connectivity index (χ3n) is 3.87. The molecule has 0 saturated carbocycles. The van der Waals surface area contributed by atoms with Crippen LogP contribution in [0.3, 0.4) is 0 Å². The average Bonchev–Trinajstić information content (AvgIpc) is 2.65. The second-order valence-electron chi connectivity index (χ2n) is 6.38. The average molecular weight is 453 g/mol. The minimum atomic E-state index is -4.06. The van der Waals surface area contributed by atoms with Crippen molar-refractivity contribution in [2.75, 3.05) is 10.6 Å². The van der Waals surface area contributed by atoms with Crippen molar-refractivity contribution in [1.82, 2.24) is 4.72 Å². The Balaban J connectivity index is 2.21.